The Kier molecular flexibility index (Phi) is 6.67. The summed E-state index contributed by atoms with van der Waals surface area (Å²) in [4.78, 5) is 2.51. The molecule has 0 bridgehead atoms. The standard InChI is InChI=1S/C48H34N2/c1-3-11-33(12-4-1)35-19-25-39(26-20-35)49-45-17-9-7-15-41(45)43-31-37(23-29-47(43)49)38-24-30-48-44(32-38)42-16-8-10-18-46(42)50(48)40-27-21-36(22-28-40)34-13-5-2-6-14-34/h1-32,43,47H. The third-order valence-corrected chi connectivity index (χ3v) is 10.5. The van der Waals surface area contributed by atoms with Gasteiger partial charge in [0.25, 0.3) is 0 Å². The summed E-state index contributed by atoms with van der Waals surface area (Å²) < 4.78 is 2.40. The minimum Gasteiger partial charge on any atom is -0.333 e. The molecule has 0 spiro atoms. The summed E-state index contributed by atoms with van der Waals surface area (Å²) in [6.45, 7) is 0. The number of para-hydroxylation sites is 2. The quantitative estimate of drug-likeness (QED) is 0.182. The van der Waals surface area contributed by atoms with E-state index in [4.69, 9.17) is 0 Å². The summed E-state index contributed by atoms with van der Waals surface area (Å²) in [5.41, 5.74) is 14.9. The van der Waals surface area contributed by atoms with Crippen molar-refractivity contribution in [3.8, 4) is 27.9 Å². The Balaban J connectivity index is 1.02. The fourth-order valence-corrected chi connectivity index (χ4v) is 8.15. The van der Waals surface area contributed by atoms with Crippen LogP contribution in [-0.4, -0.2) is 10.6 Å². The molecular weight excluding hydrogens is 605 g/mol. The van der Waals surface area contributed by atoms with E-state index in [9.17, 15) is 0 Å². The number of anilines is 2. The number of benzene rings is 7. The van der Waals surface area contributed by atoms with Gasteiger partial charge in [0.05, 0.1) is 17.1 Å². The molecule has 0 saturated carbocycles. The van der Waals surface area contributed by atoms with Gasteiger partial charge in [-0.2, -0.15) is 0 Å². The van der Waals surface area contributed by atoms with Gasteiger partial charge in [-0.1, -0.05) is 146 Å². The second-order valence-corrected chi connectivity index (χ2v) is 13.3. The maximum Gasteiger partial charge on any atom is 0.0630 e. The summed E-state index contributed by atoms with van der Waals surface area (Å²) in [7, 11) is 0. The fourth-order valence-electron chi connectivity index (χ4n) is 8.15. The van der Waals surface area contributed by atoms with Crippen LogP contribution in [0, 0.1) is 0 Å². The Morgan fingerprint density at radius 3 is 1.70 bits per heavy atom. The highest BCUT2D eigenvalue weighted by Gasteiger charge is 2.38. The first-order valence-corrected chi connectivity index (χ1v) is 17.4. The van der Waals surface area contributed by atoms with E-state index in [1.807, 2.05) is 0 Å². The van der Waals surface area contributed by atoms with E-state index in [1.54, 1.807) is 0 Å². The van der Waals surface area contributed by atoms with Crippen LogP contribution in [0.5, 0.6) is 0 Å². The van der Waals surface area contributed by atoms with Crippen molar-refractivity contribution in [2.45, 2.75) is 12.0 Å². The molecule has 8 aromatic rings. The van der Waals surface area contributed by atoms with Crippen LogP contribution in [0.25, 0.3) is 55.3 Å². The van der Waals surface area contributed by atoms with Crippen molar-refractivity contribution in [1.82, 2.24) is 4.57 Å². The monoisotopic (exact) mass is 638 g/mol. The number of allylic oxidation sites excluding steroid dienone is 2. The molecule has 2 aliphatic rings. The van der Waals surface area contributed by atoms with Gasteiger partial charge in [0.1, 0.15) is 0 Å². The Hall–Kier alpha value is -6.38. The average Bonchev–Trinajstić information content (AvgIpc) is 3.71. The van der Waals surface area contributed by atoms with Gasteiger partial charge >= 0.3 is 0 Å². The summed E-state index contributed by atoms with van der Waals surface area (Å²) in [6, 6.07) is 64.1. The van der Waals surface area contributed by atoms with Gasteiger partial charge in [0.2, 0.25) is 0 Å². The van der Waals surface area contributed by atoms with Crippen LogP contribution in [0.1, 0.15) is 17.0 Å². The highest BCUT2D eigenvalue weighted by molar-refractivity contribution is 6.10. The molecule has 7 aromatic carbocycles. The molecule has 0 amide bonds. The van der Waals surface area contributed by atoms with Crippen molar-refractivity contribution < 1.29 is 0 Å². The number of hydrogen-bond acceptors (Lipinski definition) is 1. The highest BCUT2D eigenvalue weighted by Crippen LogP contribution is 2.49. The van der Waals surface area contributed by atoms with Gasteiger partial charge < -0.3 is 9.47 Å². The lowest BCUT2D eigenvalue weighted by Gasteiger charge is -2.30. The molecule has 236 valence electrons. The van der Waals surface area contributed by atoms with Crippen LogP contribution in [0.15, 0.2) is 194 Å². The van der Waals surface area contributed by atoms with E-state index in [1.165, 1.54) is 77.8 Å². The zero-order chi connectivity index (χ0) is 33.0. The molecule has 50 heavy (non-hydrogen) atoms. The van der Waals surface area contributed by atoms with Crippen molar-refractivity contribution in [3.05, 3.63) is 205 Å². The van der Waals surface area contributed by atoms with Crippen LogP contribution in [0.2, 0.25) is 0 Å². The molecule has 1 aliphatic heterocycles. The Bertz CT molecular complexity index is 2570. The normalized spacial score (nSPS) is 16.4. The van der Waals surface area contributed by atoms with Gasteiger partial charge in [-0.05, 0) is 87.5 Å². The number of aromatic nitrogens is 1. The Labute approximate surface area is 292 Å². The lowest BCUT2D eigenvalue weighted by molar-refractivity contribution is 0.747. The molecule has 0 saturated heterocycles. The van der Waals surface area contributed by atoms with Crippen molar-refractivity contribution in [3.63, 3.8) is 0 Å². The lowest BCUT2D eigenvalue weighted by atomic mass is 9.86. The maximum atomic E-state index is 2.51. The topological polar surface area (TPSA) is 8.17 Å². The smallest absolute Gasteiger partial charge is 0.0630 e. The van der Waals surface area contributed by atoms with Crippen molar-refractivity contribution >= 4 is 38.8 Å². The molecule has 0 fully saturated rings. The zero-order valence-electron chi connectivity index (χ0n) is 27.5. The molecular formula is C48H34N2. The van der Waals surface area contributed by atoms with E-state index in [-0.39, 0.29) is 12.0 Å². The van der Waals surface area contributed by atoms with Gasteiger partial charge in [-0.15, -0.1) is 0 Å². The summed E-state index contributed by atoms with van der Waals surface area (Å²) >= 11 is 0. The number of hydrogen-bond donors (Lipinski definition) is 0. The van der Waals surface area contributed by atoms with Gasteiger partial charge in [-0.3, -0.25) is 0 Å². The first-order chi connectivity index (χ1) is 24.8. The molecule has 0 N–H and O–H groups in total. The van der Waals surface area contributed by atoms with E-state index in [2.05, 4.69) is 204 Å². The molecule has 0 radical (unpaired) electrons. The Morgan fingerprint density at radius 2 is 0.980 bits per heavy atom. The number of nitrogens with zero attached hydrogens (tertiary/aromatic N) is 2. The van der Waals surface area contributed by atoms with Gasteiger partial charge in [-0.25, -0.2) is 0 Å². The highest BCUT2D eigenvalue weighted by atomic mass is 15.2. The van der Waals surface area contributed by atoms with Crippen molar-refractivity contribution in [2.75, 3.05) is 4.90 Å². The average molecular weight is 639 g/mol. The molecule has 2 unspecified atom stereocenters. The lowest BCUT2D eigenvalue weighted by Crippen LogP contribution is -2.28. The molecule has 1 aliphatic carbocycles. The third-order valence-electron chi connectivity index (χ3n) is 10.5. The van der Waals surface area contributed by atoms with Gasteiger partial charge in [0.15, 0.2) is 0 Å². The predicted molar refractivity (Wildman–Crippen MR) is 210 cm³/mol. The van der Waals surface area contributed by atoms with Crippen LogP contribution in [-0.2, 0) is 0 Å². The summed E-state index contributed by atoms with van der Waals surface area (Å²) in [6.07, 6.45) is 7.23. The predicted octanol–water partition coefficient (Wildman–Crippen LogP) is 12.4. The minimum absolute atomic E-state index is 0.225. The second kappa shape index (κ2) is 11.6. The number of rotatable bonds is 5. The maximum absolute atomic E-state index is 2.51. The van der Waals surface area contributed by atoms with Crippen molar-refractivity contribution in [1.29, 1.82) is 0 Å². The molecule has 10 rings (SSSR count). The van der Waals surface area contributed by atoms with Crippen LogP contribution < -0.4 is 4.90 Å². The van der Waals surface area contributed by atoms with E-state index >= 15 is 0 Å². The van der Waals surface area contributed by atoms with E-state index < -0.39 is 0 Å². The second-order valence-electron chi connectivity index (χ2n) is 13.3. The van der Waals surface area contributed by atoms with Crippen LogP contribution in [0.3, 0.4) is 0 Å². The van der Waals surface area contributed by atoms with Crippen LogP contribution in [0.4, 0.5) is 11.4 Å². The zero-order valence-corrected chi connectivity index (χ0v) is 27.5. The van der Waals surface area contributed by atoms with Crippen molar-refractivity contribution in [2.24, 2.45) is 0 Å². The first kappa shape index (κ1) is 28.6. The number of fused-ring (bicyclic) bond motifs is 6. The largest absolute Gasteiger partial charge is 0.333 e. The summed E-state index contributed by atoms with van der Waals surface area (Å²) in [5, 5.41) is 2.54. The van der Waals surface area contributed by atoms with E-state index in [0.29, 0.717) is 0 Å². The van der Waals surface area contributed by atoms with Crippen LogP contribution >= 0.6 is 0 Å². The molecule has 2 heterocycles. The van der Waals surface area contributed by atoms with Gasteiger partial charge in [0, 0.05) is 33.8 Å². The molecule has 2 nitrogen and oxygen atoms in total. The summed E-state index contributed by atoms with van der Waals surface area (Å²) in [5.74, 6) is 0.264. The molecule has 2 atom stereocenters. The molecule has 1 aromatic heterocycles. The fraction of sp³-hybridized carbons (Fsp3) is 0.0417. The minimum atomic E-state index is 0.225. The first-order valence-electron chi connectivity index (χ1n) is 17.4. The Morgan fingerprint density at radius 1 is 0.420 bits per heavy atom. The third kappa shape index (κ3) is 4.64. The molecule has 2 heteroatoms. The SMILES string of the molecule is C1=CC2C(C=C1c1ccc3c(c1)c1ccccc1n3-c1ccc(-c3ccccc3)cc1)c1ccccc1N2c1ccc(-c2ccccc2)cc1. The van der Waals surface area contributed by atoms with E-state index in [0.717, 1.165) is 0 Å².